The van der Waals surface area contributed by atoms with E-state index in [-0.39, 0.29) is 18.1 Å². The zero-order valence-electron chi connectivity index (χ0n) is 17.6. The lowest BCUT2D eigenvalue weighted by atomic mass is 9.93. The van der Waals surface area contributed by atoms with Gasteiger partial charge in [0.15, 0.2) is 0 Å². The van der Waals surface area contributed by atoms with Crippen molar-refractivity contribution in [3.05, 3.63) is 47.3 Å². The Labute approximate surface area is 176 Å². The molecule has 160 valence electrons. The van der Waals surface area contributed by atoms with Crippen LogP contribution in [-0.2, 0) is 0 Å². The fourth-order valence-corrected chi connectivity index (χ4v) is 3.58. The van der Waals surface area contributed by atoms with E-state index in [1.165, 1.54) is 19.0 Å². The number of hydrogen-bond acceptors (Lipinski definition) is 6. The Morgan fingerprint density at radius 3 is 2.67 bits per heavy atom. The van der Waals surface area contributed by atoms with Crippen molar-refractivity contribution in [1.29, 1.82) is 0 Å². The van der Waals surface area contributed by atoms with Crippen molar-refractivity contribution in [1.82, 2.24) is 0 Å². The van der Waals surface area contributed by atoms with Gasteiger partial charge in [0.1, 0.15) is 12.9 Å². The first-order chi connectivity index (χ1) is 14.4. The molecule has 1 saturated carbocycles. The zero-order valence-corrected chi connectivity index (χ0v) is 17.6. The van der Waals surface area contributed by atoms with Gasteiger partial charge in [0, 0.05) is 47.3 Å². The molecule has 0 saturated heterocycles. The molecule has 0 spiro atoms. The van der Waals surface area contributed by atoms with Crippen LogP contribution in [0.15, 0.2) is 35.3 Å². The van der Waals surface area contributed by atoms with Gasteiger partial charge in [-0.05, 0) is 37.8 Å². The second kappa shape index (κ2) is 9.58. The van der Waals surface area contributed by atoms with Gasteiger partial charge >= 0.3 is 11.6 Å². The molecule has 0 unspecified atom stereocenters. The average molecular weight is 413 g/mol. The van der Waals surface area contributed by atoms with E-state index < -0.39 is 0 Å². The van der Waals surface area contributed by atoms with E-state index in [1.807, 2.05) is 13.0 Å². The standard InChI is InChI=1S/C22H28N4O4/c1-14-5-4-6-20(26(14)30-3)22(28)25-19-11-15(18(23)12-21(19)29-2)13-24-16-7-9-17(27)10-8-16/h4-6,11-13,16-17,23,27-28H,7-10H2,1-3H3/p+1. The van der Waals surface area contributed by atoms with E-state index in [9.17, 15) is 9.90 Å². The molecule has 1 heterocycles. The molecule has 1 aromatic carbocycles. The van der Waals surface area contributed by atoms with Gasteiger partial charge in [-0.3, -0.25) is 14.6 Å². The minimum absolute atomic E-state index is 0.167. The summed E-state index contributed by atoms with van der Waals surface area (Å²) in [5, 5.41) is 12.5. The molecule has 1 amide bonds. The first kappa shape index (κ1) is 21.6. The summed E-state index contributed by atoms with van der Waals surface area (Å²) >= 11 is 0. The predicted molar refractivity (Wildman–Crippen MR) is 115 cm³/mol. The number of nitrogens with one attached hydrogen (secondary N) is 1. The Morgan fingerprint density at radius 1 is 1.27 bits per heavy atom. The predicted octanol–water partition coefficient (Wildman–Crippen LogP) is 1.91. The number of ether oxygens (including phenoxy) is 1. The first-order valence-electron chi connectivity index (χ1n) is 9.99. The summed E-state index contributed by atoms with van der Waals surface area (Å²) in [7, 11) is 3.03. The van der Waals surface area contributed by atoms with Crippen molar-refractivity contribution in [2.75, 3.05) is 25.3 Å². The first-order valence-corrected chi connectivity index (χ1v) is 9.99. The molecule has 0 atom stereocenters. The number of aromatic nitrogens is 1. The van der Waals surface area contributed by atoms with Crippen molar-refractivity contribution >= 4 is 23.5 Å². The van der Waals surface area contributed by atoms with Crippen LogP contribution in [0.1, 0.15) is 47.4 Å². The molecule has 3 rings (SSSR count). The minimum Gasteiger partial charge on any atom is -0.494 e. The van der Waals surface area contributed by atoms with Crippen LogP contribution in [0.25, 0.3) is 0 Å². The largest absolute Gasteiger partial charge is 0.494 e. The summed E-state index contributed by atoms with van der Waals surface area (Å²) in [5.41, 5.74) is 9.00. The third kappa shape index (κ3) is 4.88. The number of aliphatic hydroxyl groups is 1. The highest BCUT2D eigenvalue weighted by atomic mass is 16.6. The highest BCUT2D eigenvalue weighted by Crippen LogP contribution is 2.30. The van der Waals surface area contributed by atoms with Crippen LogP contribution >= 0.6 is 0 Å². The van der Waals surface area contributed by atoms with Crippen LogP contribution in [-0.4, -0.2) is 43.6 Å². The van der Waals surface area contributed by atoms with Gasteiger partial charge in [0.2, 0.25) is 5.69 Å². The number of hydrogen-bond donors (Lipinski definition) is 3. The minimum atomic E-state index is -0.340. The van der Waals surface area contributed by atoms with Gasteiger partial charge in [-0.25, -0.2) is 0 Å². The highest BCUT2D eigenvalue weighted by Gasteiger charge is 2.24. The van der Waals surface area contributed by atoms with Gasteiger partial charge < -0.3 is 20.9 Å². The molecule has 4 N–H and O–H groups in total. The summed E-state index contributed by atoms with van der Waals surface area (Å²) in [5.74, 6) is 0.114. The van der Waals surface area contributed by atoms with Crippen molar-refractivity contribution in [2.24, 2.45) is 4.99 Å². The summed E-state index contributed by atoms with van der Waals surface area (Å²) in [6.07, 6.45) is 4.73. The van der Waals surface area contributed by atoms with E-state index in [4.69, 9.17) is 15.3 Å². The molecular formula is C22H29N4O4+. The SMILES string of the molecule is COc1cc(N)c(C=NC2CCC(O)CC2)cc1NC(=O)c1cccc(C)[n+]1OC. The van der Waals surface area contributed by atoms with E-state index in [0.29, 0.717) is 28.4 Å². The summed E-state index contributed by atoms with van der Waals surface area (Å²) < 4.78 is 6.86. The molecule has 1 aromatic heterocycles. The zero-order chi connectivity index (χ0) is 21.7. The number of rotatable bonds is 6. The molecule has 30 heavy (non-hydrogen) atoms. The maximum atomic E-state index is 12.9. The fraction of sp³-hybridized carbons (Fsp3) is 0.409. The van der Waals surface area contributed by atoms with Gasteiger partial charge in [-0.15, -0.1) is 0 Å². The van der Waals surface area contributed by atoms with E-state index in [1.54, 1.807) is 30.5 Å². The number of pyridine rings is 1. The number of carbonyl (C=O) groups excluding carboxylic acids is 1. The molecular weight excluding hydrogens is 384 g/mol. The molecule has 0 aliphatic heterocycles. The number of aliphatic hydroxyl groups excluding tert-OH is 1. The molecule has 2 aromatic rings. The quantitative estimate of drug-likeness (QED) is 0.381. The summed E-state index contributed by atoms with van der Waals surface area (Å²) in [6.45, 7) is 1.85. The maximum absolute atomic E-state index is 12.9. The Morgan fingerprint density at radius 2 is 2.00 bits per heavy atom. The Bertz CT molecular complexity index is 937. The van der Waals surface area contributed by atoms with E-state index in [2.05, 4.69) is 10.3 Å². The van der Waals surface area contributed by atoms with E-state index >= 15 is 0 Å². The number of benzene rings is 1. The molecule has 8 nitrogen and oxygen atoms in total. The summed E-state index contributed by atoms with van der Waals surface area (Å²) in [6, 6.07) is 8.90. The third-order valence-corrected chi connectivity index (χ3v) is 5.29. The number of methoxy groups -OCH3 is 1. The van der Waals surface area contributed by atoms with Gasteiger partial charge in [0.05, 0.1) is 24.9 Å². The van der Waals surface area contributed by atoms with Crippen molar-refractivity contribution in [3.63, 3.8) is 0 Å². The second-order valence-corrected chi connectivity index (χ2v) is 7.41. The lowest BCUT2D eigenvalue weighted by Crippen LogP contribution is -2.49. The van der Waals surface area contributed by atoms with Crippen LogP contribution in [0.3, 0.4) is 0 Å². The van der Waals surface area contributed by atoms with Crippen LogP contribution in [0.5, 0.6) is 5.75 Å². The van der Waals surface area contributed by atoms with Gasteiger partial charge in [-0.2, -0.15) is 0 Å². The van der Waals surface area contributed by atoms with Crippen molar-refractivity contribution < 1.29 is 24.2 Å². The topological polar surface area (TPSA) is 110 Å². The van der Waals surface area contributed by atoms with Crippen LogP contribution in [0.2, 0.25) is 0 Å². The molecule has 0 radical (unpaired) electrons. The number of aryl methyl sites for hydroxylation is 1. The highest BCUT2D eigenvalue weighted by molar-refractivity contribution is 6.04. The Balaban J connectivity index is 1.85. The molecule has 1 aliphatic rings. The third-order valence-electron chi connectivity index (χ3n) is 5.29. The normalized spacial score (nSPS) is 18.9. The molecule has 8 heteroatoms. The molecule has 1 aliphatic carbocycles. The summed E-state index contributed by atoms with van der Waals surface area (Å²) in [4.78, 5) is 22.8. The van der Waals surface area contributed by atoms with Crippen molar-refractivity contribution in [2.45, 2.75) is 44.8 Å². The fourth-order valence-electron chi connectivity index (χ4n) is 3.58. The lowest BCUT2D eigenvalue weighted by molar-refractivity contribution is -0.890. The average Bonchev–Trinajstić information content (AvgIpc) is 2.74. The van der Waals surface area contributed by atoms with Crippen LogP contribution in [0, 0.1) is 6.92 Å². The number of nitrogens with two attached hydrogens (primary N) is 1. The smallest absolute Gasteiger partial charge is 0.325 e. The van der Waals surface area contributed by atoms with Crippen LogP contribution < -0.4 is 25.4 Å². The number of nitrogen functional groups attached to an aromatic ring is 1. The number of aliphatic imine (C=N–C) groups is 1. The second-order valence-electron chi connectivity index (χ2n) is 7.41. The van der Waals surface area contributed by atoms with Gasteiger partial charge in [0.25, 0.3) is 0 Å². The van der Waals surface area contributed by atoms with Crippen molar-refractivity contribution in [3.8, 4) is 5.75 Å². The number of anilines is 2. The number of carbonyl (C=O) groups is 1. The molecule has 0 bridgehead atoms. The van der Waals surface area contributed by atoms with Crippen LogP contribution in [0.4, 0.5) is 11.4 Å². The maximum Gasteiger partial charge on any atom is 0.325 e. The number of amides is 1. The van der Waals surface area contributed by atoms with Gasteiger partial charge in [-0.1, -0.05) is 0 Å². The Kier molecular flexibility index (Phi) is 6.89. The lowest BCUT2D eigenvalue weighted by Gasteiger charge is -2.22. The van der Waals surface area contributed by atoms with E-state index in [0.717, 1.165) is 31.4 Å². The Hall–Kier alpha value is -3.13. The monoisotopic (exact) mass is 413 g/mol. The number of nitrogens with zero attached hydrogens (tertiary/aromatic N) is 2. The molecule has 1 fully saturated rings.